The average molecular weight is 323 g/mol. The first-order valence-corrected chi connectivity index (χ1v) is 8.36. The quantitative estimate of drug-likeness (QED) is 0.361. The maximum atomic E-state index is 6.07. The van der Waals surface area contributed by atoms with E-state index in [-0.39, 0.29) is 0 Å². The van der Waals surface area contributed by atoms with Crippen molar-refractivity contribution in [3.63, 3.8) is 0 Å². The van der Waals surface area contributed by atoms with Crippen LogP contribution in [0.4, 0.5) is 0 Å². The van der Waals surface area contributed by atoms with Crippen LogP contribution in [0.5, 0.6) is 0 Å². The topological polar surface area (TPSA) is 38.4 Å². The minimum absolute atomic E-state index is 0.662. The Hall–Kier alpha value is -0.0300. The van der Waals surface area contributed by atoms with Crippen molar-refractivity contribution in [2.24, 2.45) is 10.7 Å². The molecule has 1 aromatic rings. The molecule has 0 unspecified atom stereocenters. The molecule has 1 rings (SSSR count). The molecule has 0 aliphatic rings. The predicted molar refractivity (Wildman–Crippen MR) is 86.4 cm³/mol. The second-order valence-corrected chi connectivity index (χ2v) is 6.59. The zero-order valence-corrected chi connectivity index (χ0v) is 13.3. The van der Waals surface area contributed by atoms with Gasteiger partial charge in [-0.3, -0.25) is 4.99 Å². The zero-order chi connectivity index (χ0) is 13.4. The highest BCUT2D eigenvalue weighted by Gasteiger charge is 2.02. The van der Waals surface area contributed by atoms with Crippen molar-refractivity contribution in [3.05, 3.63) is 28.2 Å². The van der Waals surface area contributed by atoms with Crippen LogP contribution in [0.15, 0.2) is 28.1 Å². The molecule has 0 atom stereocenters. The highest BCUT2D eigenvalue weighted by atomic mass is 35.5. The highest BCUT2D eigenvalue weighted by molar-refractivity contribution is 8.14. The van der Waals surface area contributed by atoms with Crippen molar-refractivity contribution >= 4 is 51.9 Å². The van der Waals surface area contributed by atoms with Gasteiger partial charge in [0.1, 0.15) is 0 Å². The van der Waals surface area contributed by atoms with Crippen LogP contribution in [0, 0.1) is 0 Å². The molecule has 0 saturated carbocycles. The van der Waals surface area contributed by atoms with Crippen molar-refractivity contribution < 1.29 is 0 Å². The van der Waals surface area contributed by atoms with Gasteiger partial charge in [-0.1, -0.05) is 41.9 Å². The molecule has 6 heteroatoms. The molecule has 0 fully saturated rings. The van der Waals surface area contributed by atoms with E-state index in [4.69, 9.17) is 28.9 Å². The van der Waals surface area contributed by atoms with E-state index < -0.39 is 0 Å². The lowest BCUT2D eigenvalue weighted by atomic mass is 10.4. The molecule has 0 saturated heterocycles. The maximum Gasteiger partial charge on any atom is 0.153 e. The van der Waals surface area contributed by atoms with Gasteiger partial charge in [-0.15, -0.1) is 11.8 Å². The van der Waals surface area contributed by atoms with Gasteiger partial charge < -0.3 is 5.73 Å². The Morgan fingerprint density at radius 3 is 2.83 bits per heavy atom. The number of halogens is 2. The fraction of sp³-hybridized carbons (Fsp3) is 0.417. The van der Waals surface area contributed by atoms with E-state index in [0.717, 1.165) is 34.4 Å². The van der Waals surface area contributed by atoms with Gasteiger partial charge in [0, 0.05) is 28.0 Å². The van der Waals surface area contributed by atoms with E-state index in [1.165, 1.54) is 0 Å². The Balaban J connectivity index is 2.31. The van der Waals surface area contributed by atoms with Crippen LogP contribution < -0.4 is 5.73 Å². The monoisotopic (exact) mass is 322 g/mol. The van der Waals surface area contributed by atoms with E-state index in [9.17, 15) is 0 Å². The number of amidine groups is 1. The lowest BCUT2D eigenvalue weighted by Crippen LogP contribution is -2.08. The lowest BCUT2D eigenvalue weighted by molar-refractivity contribution is 0.934. The van der Waals surface area contributed by atoms with Crippen molar-refractivity contribution in [2.75, 3.05) is 18.1 Å². The summed E-state index contributed by atoms with van der Waals surface area (Å²) in [5.41, 5.74) is 5.75. The van der Waals surface area contributed by atoms with E-state index in [1.807, 2.05) is 12.1 Å². The molecule has 0 radical (unpaired) electrons. The van der Waals surface area contributed by atoms with Crippen molar-refractivity contribution in [1.29, 1.82) is 0 Å². The summed E-state index contributed by atoms with van der Waals surface area (Å²) in [7, 11) is 0. The van der Waals surface area contributed by atoms with Gasteiger partial charge in [0.2, 0.25) is 0 Å². The van der Waals surface area contributed by atoms with Gasteiger partial charge in [-0.05, 0) is 24.6 Å². The number of benzene rings is 1. The third-order valence-electron chi connectivity index (χ3n) is 1.98. The summed E-state index contributed by atoms with van der Waals surface area (Å²) in [6, 6.07) is 5.49. The molecular weight excluding hydrogens is 307 g/mol. The number of hydrogen-bond acceptors (Lipinski definition) is 3. The number of nitrogens with zero attached hydrogens (tertiary/aromatic N) is 1. The normalized spacial score (nSPS) is 11.8. The average Bonchev–Trinajstić information content (AvgIpc) is 2.36. The van der Waals surface area contributed by atoms with Gasteiger partial charge >= 0.3 is 0 Å². The second-order valence-electron chi connectivity index (χ2n) is 3.49. The second kappa shape index (κ2) is 8.97. The summed E-state index contributed by atoms with van der Waals surface area (Å²) in [4.78, 5) is 5.23. The van der Waals surface area contributed by atoms with E-state index in [1.54, 1.807) is 29.6 Å². The molecule has 2 nitrogen and oxygen atoms in total. The van der Waals surface area contributed by atoms with Crippen LogP contribution in [0.2, 0.25) is 10.0 Å². The molecule has 0 aromatic heterocycles. The maximum absolute atomic E-state index is 6.07. The molecule has 0 amide bonds. The Kier molecular flexibility index (Phi) is 7.98. The minimum atomic E-state index is 0.662. The number of aliphatic imine (C=N–C) groups is 1. The van der Waals surface area contributed by atoms with Gasteiger partial charge in [-0.2, -0.15) is 0 Å². The third kappa shape index (κ3) is 6.23. The fourth-order valence-corrected chi connectivity index (χ4v) is 3.37. The summed E-state index contributed by atoms with van der Waals surface area (Å²) in [6.07, 6.45) is 1.02. The molecular formula is C12H16Cl2N2S2. The van der Waals surface area contributed by atoms with Crippen LogP contribution in [0.1, 0.15) is 13.3 Å². The van der Waals surface area contributed by atoms with Gasteiger partial charge in [-0.25, -0.2) is 0 Å². The van der Waals surface area contributed by atoms with Crippen molar-refractivity contribution in [2.45, 2.75) is 18.2 Å². The molecule has 18 heavy (non-hydrogen) atoms. The molecule has 0 bridgehead atoms. The lowest BCUT2D eigenvalue weighted by Gasteiger charge is -2.04. The Morgan fingerprint density at radius 1 is 1.33 bits per heavy atom. The molecule has 0 heterocycles. The standard InChI is InChI=1S/C12H16Cl2N2S2/c1-2-5-16-12(15)18-7-6-17-11-8-9(13)3-4-10(11)14/h3-4,8H,2,5-7H2,1H3,(H2,15,16). The third-order valence-corrected chi connectivity index (χ3v) is 4.80. The summed E-state index contributed by atoms with van der Waals surface area (Å²) < 4.78 is 0. The van der Waals surface area contributed by atoms with Crippen molar-refractivity contribution in [3.8, 4) is 0 Å². The van der Waals surface area contributed by atoms with Gasteiger partial charge in [0.15, 0.2) is 5.17 Å². The smallest absolute Gasteiger partial charge is 0.153 e. The molecule has 0 spiro atoms. The SMILES string of the molecule is CCCN=C(N)SCCSc1cc(Cl)ccc1Cl. The summed E-state index contributed by atoms with van der Waals surface area (Å²) in [5, 5.41) is 2.11. The number of rotatable bonds is 6. The molecule has 2 N–H and O–H groups in total. The Bertz CT molecular complexity index is 411. The first-order chi connectivity index (χ1) is 8.63. The predicted octanol–water partition coefficient (Wildman–Crippen LogP) is 4.54. The van der Waals surface area contributed by atoms with Crippen LogP contribution in [0.25, 0.3) is 0 Å². The van der Waals surface area contributed by atoms with Crippen LogP contribution in [-0.2, 0) is 0 Å². The van der Waals surface area contributed by atoms with Crippen LogP contribution >= 0.6 is 46.7 Å². The van der Waals surface area contributed by atoms with E-state index in [2.05, 4.69) is 11.9 Å². The zero-order valence-electron chi connectivity index (χ0n) is 10.2. The summed E-state index contributed by atoms with van der Waals surface area (Å²) >= 11 is 15.2. The summed E-state index contributed by atoms with van der Waals surface area (Å²) in [6.45, 7) is 2.88. The van der Waals surface area contributed by atoms with E-state index in [0.29, 0.717) is 10.2 Å². The number of nitrogens with two attached hydrogens (primary N) is 1. The minimum Gasteiger partial charge on any atom is -0.379 e. The molecule has 0 aliphatic carbocycles. The highest BCUT2D eigenvalue weighted by Crippen LogP contribution is 2.30. The molecule has 0 aliphatic heterocycles. The number of thioether (sulfide) groups is 2. The van der Waals surface area contributed by atoms with Gasteiger partial charge in [0.05, 0.1) is 5.02 Å². The van der Waals surface area contributed by atoms with Crippen LogP contribution in [0.3, 0.4) is 0 Å². The van der Waals surface area contributed by atoms with E-state index >= 15 is 0 Å². The largest absolute Gasteiger partial charge is 0.379 e. The van der Waals surface area contributed by atoms with Gasteiger partial charge in [0.25, 0.3) is 0 Å². The first kappa shape index (κ1) is 16.0. The Morgan fingerprint density at radius 2 is 2.11 bits per heavy atom. The molecule has 1 aromatic carbocycles. The number of hydrogen-bond donors (Lipinski definition) is 1. The fourth-order valence-electron chi connectivity index (χ4n) is 1.15. The Labute approximate surface area is 127 Å². The van der Waals surface area contributed by atoms with Crippen LogP contribution in [-0.4, -0.2) is 23.2 Å². The van der Waals surface area contributed by atoms with Crippen molar-refractivity contribution in [1.82, 2.24) is 0 Å². The molecule has 100 valence electrons. The summed E-state index contributed by atoms with van der Waals surface area (Å²) in [5.74, 6) is 1.83. The first-order valence-electron chi connectivity index (χ1n) is 5.64.